The van der Waals surface area contributed by atoms with E-state index < -0.39 is 0 Å². The van der Waals surface area contributed by atoms with Gasteiger partial charge in [0.1, 0.15) is 0 Å². The minimum absolute atomic E-state index is 0.000923. The van der Waals surface area contributed by atoms with E-state index in [4.69, 9.17) is 0 Å². The molecule has 1 saturated carbocycles. The molecular weight excluding hydrogens is 230 g/mol. The molecule has 6 nitrogen and oxygen atoms in total. The normalized spacial score (nSPS) is 16.5. The number of aromatic nitrogens is 4. The van der Waals surface area contributed by atoms with Crippen LogP contribution >= 0.6 is 0 Å². The molecule has 0 radical (unpaired) electrons. The number of aromatic amines is 1. The van der Waals surface area contributed by atoms with Crippen LogP contribution in [0.15, 0.2) is 29.6 Å². The molecule has 18 heavy (non-hydrogen) atoms. The van der Waals surface area contributed by atoms with E-state index >= 15 is 0 Å². The minimum atomic E-state index is -0.0460. The number of nitrogens with zero attached hydrogens (tertiary/aromatic N) is 3. The Labute approximate surface area is 104 Å². The van der Waals surface area contributed by atoms with Crippen LogP contribution in [-0.4, -0.2) is 19.7 Å². The standard InChI is InChI=1S/C12H15N5O/c1-8(9-6-14-15-7-9)16-11-12(18)17(5-4-13-11)10-2-3-10/h4-8,10H,2-3H2,1H3,(H,13,16)(H,14,15). The predicted molar refractivity (Wildman–Crippen MR) is 67.4 cm³/mol. The van der Waals surface area contributed by atoms with Gasteiger partial charge >= 0.3 is 0 Å². The fourth-order valence-electron chi connectivity index (χ4n) is 1.95. The lowest BCUT2D eigenvalue weighted by atomic mass is 10.2. The first-order valence-electron chi connectivity index (χ1n) is 6.08. The lowest BCUT2D eigenvalue weighted by Gasteiger charge is -2.13. The van der Waals surface area contributed by atoms with E-state index in [9.17, 15) is 4.79 Å². The lowest BCUT2D eigenvalue weighted by molar-refractivity contribution is 0.696. The van der Waals surface area contributed by atoms with E-state index in [1.165, 1.54) is 0 Å². The quantitative estimate of drug-likeness (QED) is 0.855. The highest BCUT2D eigenvalue weighted by Gasteiger charge is 2.25. The lowest BCUT2D eigenvalue weighted by Crippen LogP contribution is -2.24. The first-order chi connectivity index (χ1) is 8.75. The largest absolute Gasteiger partial charge is 0.359 e. The molecule has 0 saturated heterocycles. The number of hydrogen-bond acceptors (Lipinski definition) is 4. The van der Waals surface area contributed by atoms with Crippen LogP contribution < -0.4 is 10.9 Å². The fraction of sp³-hybridized carbons (Fsp3) is 0.417. The zero-order valence-electron chi connectivity index (χ0n) is 10.1. The summed E-state index contributed by atoms with van der Waals surface area (Å²) in [6.45, 7) is 1.97. The second-order valence-electron chi connectivity index (χ2n) is 4.62. The van der Waals surface area contributed by atoms with Crippen LogP contribution in [0.4, 0.5) is 5.82 Å². The maximum Gasteiger partial charge on any atom is 0.293 e. The minimum Gasteiger partial charge on any atom is -0.359 e. The Bertz CT molecular complexity index is 585. The molecule has 0 aromatic carbocycles. The van der Waals surface area contributed by atoms with E-state index in [1.807, 2.05) is 6.92 Å². The van der Waals surface area contributed by atoms with Crippen molar-refractivity contribution in [2.24, 2.45) is 0 Å². The van der Waals surface area contributed by atoms with Crippen LogP contribution in [0.5, 0.6) is 0 Å². The van der Waals surface area contributed by atoms with Gasteiger partial charge in [0, 0.05) is 30.2 Å². The molecule has 0 amide bonds. The van der Waals surface area contributed by atoms with Crippen molar-refractivity contribution in [1.29, 1.82) is 0 Å². The molecule has 1 unspecified atom stereocenters. The average Bonchev–Trinajstić information content (AvgIpc) is 3.05. The van der Waals surface area contributed by atoms with E-state index in [0.717, 1.165) is 18.4 Å². The van der Waals surface area contributed by atoms with Crippen LogP contribution in [0.2, 0.25) is 0 Å². The summed E-state index contributed by atoms with van der Waals surface area (Å²) in [7, 11) is 0. The molecule has 94 valence electrons. The average molecular weight is 245 g/mol. The highest BCUT2D eigenvalue weighted by atomic mass is 16.1. The zero-order valence-corrected chi connectivity index (χ0v) is 10.1. The van der Waals surface area contributed by atoms with Gasteiger partial charge in [0.2, 0.25) is 0 Å². The number of anilines is 1. The molecule has 6 heteroatoms. The van der Waals surface area contributed by atoms with Crippen molar-refractivity contribution in [2.75, 3.05) is 5.32 Å². The van der Waals surface area contributed by atoms with Gasteiger partial charge in [-0.25, -0.2) is 4.98 Å². The molecule has 1 fully saturated rings. The summed E-state index contributed by atoms with van der Waals surface area (Å²) in [5.74, 6) is 0.401. The Morgan fingerprint density at radius 1 is 1.56 bits per heavy atom. The molecule has 1 aliphatic carbocycles. The van der Waals surface area contributed by atoms with Gasteiger partial charge in [0.05, 0.1) is 12.2 Å². The summed E-state index contributed by atoms with van der Waals surface area (Å²) in [6, 6.07) is 0.365. The molecule has 1 atom stereocenters. The van der Waals surface area contributed by atoms with Crippen molar-refractivity contribution < 1.29 is 0 Å². The smallest absolute Gasteiger partial charge is 0.293 e. The van der Waals surface area contributed by atoms with Crippen LogP contribution in [0, 0.1) is 0 Å². The second-order valence-corrected chi connectivity index (χ2v) is 4.62. The summed E-state index contributed by atoms with van der Waals surface area (Å²) in [6.07, 6.45) is 9.14. The van der Waals surface area contributed by atoms with E-state index in [-0.39, 0.29) is 11.6 Å². The third kappa shape index (κ3) is 2.01. The Kier molecular flexibility index (Phi) is 2.62. The van der Waals surface area contributed by atoms with Crippen molar-refractivity contribution >= 4 is 5.82 Å². The highest BCUT2D eigenvalue weighted by Crippen LogP contribution is 2.33. The van der Waals surface area contributed by atoms with Crippen molar-refractivity contribution in [3.05, 3.63) is 40.7 Å². The predicted octanol–water partition coefficient (Wildman–Crippen LogP) is 1.47. The number of rotatable bonds is 4. The topological polar surface area (TPSA) is 75.6 Å². The molecule has 2 aromatic rings. The zero-order chi connectivity index (χ0) is 12.5. The number of hydrogen-bond donors (Lipinski definition) is 2. The monoisotopic (exact) mass is 245 g/mol. The third-order valence-electron chi connectivity index (χ3n) is 3.18. The Hall–Kier alpha value is -2.11. The van der Waals surface area contributed by atoms with Gasteiger partial charge in [-0.2, -0.15) is 5.10 Å². The SMILES string of the molecule is CC(Nc1nccn(C2CC2)c1=O)c1cn[nH]c1. The first kappa shape index (κ1) is 11.0. The molecule has 0 aliphatic heterocycles. The van der Waals surface area contributed by atoms with Gasteiger partial charge in [-0.15, -0.1) is 0 Å². The van der Waals surface area contributed by atoms with Crippen molar-refractivity contribution in [2.45, 2.75) is 31.8 Å². The molecule has 0 spiro atoms. The van der Waals surface area contributed by atoms with Gasteiger partial charge in [-0.1, -0.05) is 0 Å². The molecule has 0 bridgehead atoms. The summed E-state index contributed by atoms with van der Waals surface area (Å²) in [4.78, 5) is 16.3. The summed E-state index contributed by atoms with van der Waals surface area (Å²) in [5, 5.41) is 9.78. The second kappa shape index (κ2) is 4.29. The maximum absolute atomic E-state index is 12.2. The molecule has 2 N–H and O–H groups in total. The van der Waals surface area contributed by atoms with E-state index in [1.54, 1.807) is 29.4 Å². The summed E-state index contributed by atoms with van der Waals surface area (Å²) >= 11 is 0. The first-order valence-corrected chi connectivity index (χ1v) is 6.08. The fourth-order valence-corrected chi connectivity index (χ4v) is 1.95. The molecular formula is C12H15N5O. The van der Waals surface area contributed by atoms with Gasteiger partial charge < -0.3 is 9.88 Å². The van der Waals surface area contributed by atoms with Crippen LogP contribution in [0.3, 0.4) is 0 Å². The number of nitrogens with one attached hydrogen (secondary N) is 2. The highest BCUT2D eigenvalue weighted by molar-refractivity contribution is 5.35. The molecule has 1 aliphatic rings. The van der Waals surface area contributed by atoms with Crippen molar-refractivity contribution in [1.82, 2.24) is 19.7 Å². The van der Waals surface area contributed by atoms with Crippen molar-refractivity contribution in [3.8, 4) is 0 Å². The van der Waals surface area contributed by atoms with Gasteiger partial charge in [-0.05, 0) is 19.8 Å². The summed E-state index contributed by atoms with van der Waals surface area (Å²) < 4.78 is 1.76. The van der Waals surface area contributed by atoms with Gasteiger partial charge in [0.15, 0.2) is 5.82 Å². The molecule has 3 rings (SSSR count). The van der Waals surface area contributed by atoms with Crippen molar-refractivity contribution in [3.63, 3.8) is 0 Å². The summed E-state index contributed by atoms with van der Waals surface area (Å²) in [5.41, 5.74) is 0.952. The Morgan fingerprint density at radius 3 is 3.06 bits per heavy atom. The van der Waals surface area contributed by atoms with Crippen LogP contribution in [-0.2, 0) is 0 Å². The van der Waals surface area contributed by atoms with Crippen LogP contribution in [0.25, 0.3) is 0 Å². The van der Waals surface area contributed by atoms with E-state index in [2.05, 4.69) is 20.5 Å². The van der Waals surface area contributed by atoms with Gasteiger partial charge in [0.25, 0.3) is 5.56 Å². The molecule has 2 aromatic heterocycles. The Morgan fingerprint density at radius 2 is 2.39 bits per heavy atom. The van der Waals surface area contributed by atoms with Crippen LogP contribution in [0.1, 0.15) is 37.4 Å². The number of H-pyrrole nitrogens is 1. The Balaban J connectivity index is 1.84. The maximum atomic E-state index is 12.2. The molecule has 2 heterocycles. The van der Waals surface area contributed by atoms with E-state index in [0.29, 0.717) is 11.9 Å². The van der Waals surface area contributed by atoms with Gasteiger partial charge in [-0.3, -0.25) is 9.89 Å². The third-order valence-corrected chi connectivity index (χ3v) is 3.18.